The molecule has 0 aromatic heterocycles. The largest absolute Gasteiger partial charge is 0.479 e. The van der Waals surface area contributed by atoms with E-state index in [0.717, 1.165) is 29.3 Å². The van der Waals surface area contributed by atoms with Gasteiger partial charge in [-0.1, -0.05) is 48.5 Å². The van der Waals surface area contributed by atoms with Crippen LogP contribution in [0.3, 0.4) is 0 Å². The molecule has 0 spiro atoms. The van der Waals surface area contributed by atoms with Gasteiger partial charge in [-0.05, 0) is 35.1 Å². The fraction of sp³-hybridized carbons (Fsp3) is 0.348. The predicted octanol–water partition coefficient (Wildman–Crippen LogP) is 3.24. The number of carbonyl (C=O) groups is 3. The molecule has 9 heteroatoms. The van der Waals surface area contributed by atoms with Crippen molar-refractivity contribution in [2.24, 2.45) is 0 Å². The molecular weight excluding hydrogens is 422 g/mol. The summed E-state index contributed by atoms with van der Waals surface area (Å²) in [6.07, 6.45) is -0.859. The van der Waals surface area contributed by atoms with Gasteiger partial charge in [0.25, 0.3) is 5.91 Å². The van der Waals surface area contributed by atoms with Crippen molar-refractivity contribution in [3.63, 3.8) is 0 Å². The number of carbonyl (C=O) groups excluding carboxylic acids is 2. The molecule has 2 aliphatic carbocycles. The Balaban J connectivity index is 1.36. The number of ether oxygens (including phenoxy) is 1. The Morgan fingerprint density at radius 3 is 2.12 bits per heavy atom. The van der Waals surface area contributed by atoms with Gasteiger partial charge in [0.1, 0.15) is 12.1 Å². The van der Waals surface area contributed by atoms with Crippen LogP contribution in [-0.2, 0) is 14.3 Å². The first-order chi connectivity index (χ1) is 15.2. The Morgan fingerprint density at radius 2 is 1.62 bits per heavy atom. The molecule has 0 atom stereocenters. The molecule has 2 aromatic carbocycles. The van der Waals surface area contributed by atoms with E-state index in [9.17, 15) is 28.3 Å². The van der Waals surface area contributed by atoms with Crippen molar-refractivity contribution < 1.29 is 33.0 Å². The van der Waals surface area contributed by atoms with Crippen LogP contribution in [0.4, 0.5) is 13.6 Å². The maximum atomic E-state index is 14.3. The highest BCUT2D eigenvalue weighted by Crippen LogP contribution is 2.44. The number of alkyl halides is 2. The summed E-state index contributed by atoms with van der Waals surface area (Å²) in [6.45, 7) is -1.34. The van der Waals surface area contributed by atoms with Crippen molar-refractivity contribution in [1.82, 2.24) is 10.2 Å². The number of nitrogens with one attached hydrogen (secondary N) is 1. The van der Waals surface area contributed by atoms with Gasteiger partial charge in [0.15, 0.2) is 0 Å². The number of aliphatic carboxylic acids is 1. The number of likely N-dealkylation sites (N-methyl/N-ethyl adjacent to an activating group) is 1. The quantitative estimate of drug-likeness (QED) is 0.684. The smallest absolute Gasteiger partial charge is 0.407 e. The first kappa shape index (κ1) is 21.7. The van der Waals surface area contributed by atoms with Crippen LogP contribution in [0, 0.1) is 0 Å². The van der Waals surface area contributed by atoms with Crippen molar-refractivity contribution >= 4 is 18.0 Å². The molecular formula is C23H22F2N2O5. The minimum absolute atomic E-state index is 0.0542. The number of alkyl carbamates (subject to hydrolysis) is 1. The standard InChI is InChI=1S/C23H22F2N2O5/c1-27(22(10-11-22)20(29)30)19(28)23(24,25)13-26-21(31)32-12-18-16-8-4-2-6-14(16)15-7-3-5-9-17(15)18/h2-9,18H,10-13H2,1H3,(H,26,31)(H,29,30). The van der Waals surface area contributed by atoms with Crippen molar-refractivity contribution in [2.75, 3.05) is 20.2 Å². The molecule has 32 heavy (non-hydrogen) atoms. The summed E-state index contributed by atoms with van der Waals surface area (Å²) in [5, 5.41) is 11.1. The number of benzene rings is 2. The molecule has 0 aliphatic heterocycles. The fourth-order valence-electron chi connectivity index (χ4n) is 4.16. The number of amides is 2. The minimum atomic E-state index is -3.97. The summed E-state index contributed by atoms with van der Waals surface area (Å²) in [5.74, 6) is -7.18. The van der Waals surface area contributed by atoms with Gasteiger partial charge in [-0.2, -0.15) is 8.78 Å². The Morgan fingerprint density at radius 1 is 1.09 bits per heavy atom. The third-order valence-corrected chi connectivity index (χ3v) is 6.18. The molecule has 2 aliphatic rings. The van der Waals surface area contributed by atoms with Crippen LogP contribution >= 0.6 is 0 Å². The van der Waals surface area contributed by atoms with Gasteiger partial charge in [-0.3, -0.25) is 4.79 Å². The molecule has 2 amide bonds. The molecule has 168 valence electrons. The lowest BCUT2D eigenvalue weighted by Gasteiger charge is -2.28. The average molecular weight is 444 g/mol. The number of rotatable bonds is 7. The molecule has 1 fully saturated rings. The molecule has 0 saturated heterocycles. The summed E-state index contributed by atoms with van der Waals surface area (Å²) in [7, 11) is 1.03. The number of carboxylic acid groups (broad SMARTS) is 1. The number of carboxylic acids is 1. The Kier molecular flexibility index (Phi) is 5.36. The van der Waals surface area contributed by atoms with E-state index in [2.05, 4.69) is 0 Å². The Hall–Kier alpha value is -3.49. The van der Waals surface area contributed by atoms with Crippen molar-refractivity contribution in [2.45, 2.75) is 30.2 Å². The van der Waals surface area contributed by atoms with Crippen LogP contribution in [-0.4, -0.2) is 59.6 Å². The highest BCUT2D eigenvalue weighted by Gasteiger charge is 2.59. The topological polar surface area (TPSA) is 95.9 Å². The van der Waals surface area contributed by atoms with Crippen molar-refractivity contribution in [3.8, 4) is 11.1 Å². The van der Waals surface area contributed by atoms with Crippen LogP contribution in [0.2, 0.25) is 0 Å². The molecule has 2 aromatic rings. The minimum Gasteiger partial charge on any atom is -0.479 e. The van der Waals surface area contributed by atoms with Crippen LogP contribution in [0.25, 0.3) is 11.1 Å². The lowest BCUT2D eigenvalue weighted by atomic mass is 9.98. The fourth-order valence-corrected chi connectivity index (χ4v) is 4.16. The Bertz CT molecular complexity index is 1040. The van der Waals surface area contributed by atoms with E-state index in [1.54, 1.807) is 0 Å². The van der Waals surface area contributed by atoms with E-state index < -0.39 is 36.0 Å². The molecule has 0 heterocycles. The zero-order valence-electron chi connectivity index (χ0n) is 17.3. The van der Waals surface area contributed by atoms with Gasteiger partial charge in [-0.15, -0.1) is 0 Å². The van der Waals surface area contributed by atoms with Gasteiger partial charge in [-0.25, -0.2) is 9.59 Å². The van der Waals surface area contributed by atoms with Crippen LogP contribution in [0.1, 0.15) is 29.9 Å². The maximum absolute atomic E-state index is 14.3. The number of hydrogen-bond acceptors (Lipinski definition) is 4. The molecule has 0 radical (unpaired) electrons. The SMILES string of the molecule is CN(C(=O)C(F)(F)CNC(=O)OCC1c2ccccc2-c2ccccc21)C1(C(=O)O)CC1. The van der Waals surface area contributed by atoms with Gasteiger partial charge < -0.3 is 20.1 Å². The first-order valence-corrected chi connectivity index (χ1v) is 10.2. The molecule has 7 nitrogen and oxygen atoms in total. The monoisotopic (exact) mass is 444 g/mol. The second-order valence-electron chi connectivity index (χ2n) is 8.08. The summed E-state index contributed by atoms with van der Waals surface area (Å²) in [6, 6.07) is 15.4. The lowest BCUT2D eigenvalue weighted by molar-refractivity contribution is -0.164. The van der Waals surface area contributed by atoms with Crippen molar-refractivity contribution in [1.29, 1.82) is 0 Å². The molecule has 0 bridgehead atoms. The van der Waals surface area contributed by atoms with Gasteiger partial charge in [0.05, 0.1) is 6.54 Å². The predicted molar refractivity (Wildman–Crippen MR) is 110 cm³/mol. The number of fused-ring (bicyclic) bond motifs is 3. The van der Waals surface area contributed by atoms with E-state index >= 15 is 0 Å². The number of nitrogens with zero attached hydrogens (tertiary/aromatic N) is 1. The molecule has 1 saturated carbocycles. The van der Waals surface area contributed by atoms with E-state index in [4.69, 9.17) is 4.74 Å². The van der Waals surface area contributed by atoms with E-state index in [1.165, 1.54) is 0 Å². The summed E-state index contributed by atoms with van der Waals surface area (Å²) >= 11 is 0. The number of hydrogen-bond donors (Lipinski definition) is 2. The molecule has 4 rings (SSSR count). The summed E-state index contributed by atoms with van der Waals surface area (Å²) in [5.41, 5.74) is 2.43. The highest BCUT2D eigenvalue weighted by atomic mass is 19.3. The molecule has 2 N–H and O–H groups in total. The Labute approximate surface area is 183 Å². The zero-order valence-corrected chi connectivity index (χ0v) is 17.3. The zero-order chi connectivity index (χ0) is 23.1. The lowest BCUT2D eigenvalue weighted by Crippen LogP contribution is -2.54. The third kappa shape index (κ3) is 3.68. The normalized spacial score (nSPS) is 16.0. The highest BCUT2D eigenvalue weighted by molar-refractivity contribution is 5.92. The maximum Gasteiger partial charge on any atom is 0.407 e. The summed E-state index contributed by atoms with van der Waals surface area (Å²) in [4.78, 5) is 36.1. The van der Waals surface area contributed by atoms with E-state index in [1.807, 2.05) is 53.8 Å². The van der Waals surface area contributed by atoms with Gasteiger partial charge in [0, 0.05) is 13.0 Å². The summed E-state index contributed by atoms with van der Waals surface area (Å²) < 4.78 is 33.9. The van der Waals surface area contributed by atoms with Crippen molar-refractivity contribution in [3.05, 3.63) is 59.7 Å². The number of halogens is 2. The van der Waals surface area contributed by atoms with Gasteiger partial charge >= 0.3 is 18.0 Å². The second-order valence-corrected chi connectivity index (χ2v) is 8.08. The first-order valence-electron chi connectivity index (χ1n) is 10.2. The molecule has 0 unspecified atom stereocenters. The average Bonchev–Trinajstić information content (AvgIpc) is 3.54. The second kappa shape index (κ2) is 7.89. The van der Waals surface area contributed by atoms with Gasteiger partial charge in [0.2, 0.25) is 0 Å². The third-order valence-electron chi connectivity index (χ3n) is 6.18. The van der Waals surface area contributed by atoms with Crippen LogP contribution < -0.4 is 5.32 Å². The van der Waals surface area contributed by atoms with E-state index in [-0.39, 0.29) is 25.4 Å². The van der Waals surface area contributed by atoms with Crippen LogP contribution in [0.5, 0.6) is 0 Å². The van der Waals surface area contributed by atoms with Crippen LogP contribution in [0.15, 0.2) is 48.5 Å². The van der Waals surface area contributed by atoms with E-state index in [0.29, 0.717) is 4.90 Å².